The summed E-state index contributed by atoms with van der Waals surface area (Å²) in [5, 5.41) is 11.6. The molecule has 1 aromatic heterocycles. The average molecular weight is 213 g/mol. The SMILES string of the molecule is N#Cc1ccnc(Nc2cccc(F)c2)c1. The summed E-state index contributed by atoms with van der Waals surface area (Å²) in [7, 11) is 0. The second kappa shape index (κ2) is 4.41. The van der Waals surface area contributed by atoms with E-state index < -0.39 is 0 Å². The van der Waals surface area contributed by atoms with Gasteiger partial charge in [0.1, 0.15) is 11.6 Å². The number of aromatic nitrogens is 1. The van der Waals surface area contributed by atoms with E-state index >= 15 is 0 Å². The van der Waals surface area contributed by atoms with E-state index in [1.54, 1.807) is 24.3 Å². The third-order valence-electron chi connectivity index (χ3n) is 1.99. The molecule has 2 aromatic rings. The van der Waals surface area contributed by atoms with Crippen LogP contribution in [-0.4, -0.2) is 4.98 Å². The maximum atomic E-state index is 12.9. The quantitative estimate of drug-likeness (QED) is 0.834. The molecule has 2 rings (SSSR count). The molecule has 0 aliphatic carbocycles. The first-order chi connectivity index (χ1) is 7.78. The zero-order valence-electron chi connectivity index (χ0n) is 8.31. The van der Waals surface area contributed by atoms with Gasteiger partial charge in [0, 0.05) is 11.9 Å². The highest BCUT2D eigenvalue weighted by Gasteiger charge is 1.98. The summed E-state index contributed by atoms with van der Waals surface area (Å²) < 4.78 is 12.9. The van der Waals surface area contributed by atoms with Crippen molar-refractivity contribution in [1.82, 2.24) is 4.98 Å². The first-order valence-electron chi connectivity index (χ1n) is 4.67. The van der Waals surface area contributed by atoms with Crippen molar-refractivity contribution in [3.63, 3.8) is 0 Å². The first kappa shape index (κ1) is 10.1. The van der Waals surface area contributed by atoms with Crippen LogP contribution in [0.4, 0.5) is 15.9 Å². The third kappa shape index (κ3) is 2.34. The van der Waals surface area contributed by atoms with Gasteiger partial charge in [0.2, 0.25) is 0 Å². The molecule has 0 saturated heterocycles. The van der Waals surface area contributed by atoms with Crippen molar-refractivity contribution >= 4 is 11.5 Å². The number of hydrogen-bond donors (Lipinski definition) is 1. The van der Waals surface area contributed by atoms with E-state index in [9.17, 15) is 4.39 Å². The topological polar surface area (TPSA) is 48.7 Å². The van der Waals surface area contributed by atoms with Crippen LogP contribution in [0, 0.1) is 17.1 Å². The van der Waals surface area contributed by atoms with Crippen molar-refractivity contribution in [2.75, 3.05) is 5.32 Å². The van der Waals surface area contributed by atoms with Crippen LogP contribution in [0.1, 0.15) is 5.56 Å². The summed E-state index contributed by atoms with van der Waals surface area (Å²) in [4.78, 5) is 4.03. The molecule has 0 fully saturated rings. The summed E-state index contributed by atoms with van der Waals surface area (Å²) in [6.07, 6.45) is 1.53. The second-order valence-electron chi connectivity index (χ2n) is 3.18. The van der Waals surface area contributed by atoms with E-state index in [4.69, 9.17) is 5.26 Å². The Morgan fingerprint density at radius 2 is 2.12 bits per heavy atom. The van der Waals surface area contributed by atoms with Crippen molar-refractivity contribution < 1.29 is 4.39 Å². The molecule has 0 unspecified atom stereocenters. The zero-order chi connectivity index (χ0) is 11.4. The molecule has 78 valence electrons. The van der Waals surface area contributed by atoms with Gasteiger partial charge in [0.25, 0.3) is 0 Å². The summed E-state index contributed by atoms with van der Waals surface area (Å²) in [6.45, 7) is 0. The molecule has 0 aliphatic heterocycles. The monoisotopic (exact) mass is 213 g/mol. The Bertz CT molecular complexity index is 546. The molecule has 0 radical (unpaired) electrons. The Balaban J connectivity index is 2.24. The Morgan fingerprint density at radius 1 is 1.25 bits per heavy atom. The van der Waals surface area contributed by atoms with Crippen LogP contribution in [0.3, 0.4) is 0 Å². The smallest absolute Gasteiger partial charge is 0.131 e. The van der Waals surface area contributed by atoms with E-state index in [0.717, 1.165) is 0 Å². The largest absolute Gasteiger partial charge is 0.340 e. The first-order valence-corrected chi connectivity index (χ1v) is 4.67. The maximum absolute atomic E-state index is 12.9. The van der Waals surface area contributed by atoms with Gasteiger partial charge in [-0.25, -0.2) is 9.37 Å². The molecule has 1 N–H and O–H groups in total. The third-order valence-corrected chi connectivity index (χ3v) is 1.99. The Kier molecular flexibility index (Phi) is 2.79. The van der Waals surface area contributed by atoms with Crippen LogP contribution >= 0.6 is 0 Å². The van der Waals surface area contributed by atoms with Crippen LogP contribution in [0.5, 0.6) is 0 Å². The van der Waals surface area contributed by atoms with E-state index in [1.807, 2.05) is 6.07 Å². The molecule has 1 aromatic carbocycles. The highest BCUT2D eigenvalue weighted by Crippen LogP contribution is 2.15. The number of halogens is 1. The highest BCUT2D eigenvalue weighted by atomic mass is 19.1. The lowest BCUT2D eigenvalue weighted by atomic mass is 10.2. The van der Waals surface area contributed by atoms with Crippen molar-refractivity contribution in [3.8, 4) is 6.07 Å². The van der Waals surface area contributed by atoms with Crippen molar-refractivity contribution in [2.24, 2.45) is 0 Å². The van der Waals surface area contributed by atoms with Crippen molar-refractivity contribution in [3.05, 3.63) is 54.0 Å². The molecule has 0 spiro atoms. The molecule has 0 atom stereocenters. The Morgan fingerprint density at radius 3 is 2.88 bits per heavy atom. The van der Waals surface area contributed by atoms with Gasteiger partial charge >= 0.3 is 0 Å². The van der Waals surface area contributed by atoms with Crippen LogP contribution < -0.4 is 5.32 Å². The van der Waals surface area contributed by atoms with Gasteiger partial charge < -0.3 is 5.32 Å². The number of nitrogens with one attached hydrogen (secondary N) is 1. The average Bonchev–Trinajstić information content (AvgIpc) is 2.29. The van der Waals surface area contributed by atoms with Crippen LogP contribution in [0.25, 0.3) is 0 Å². The molecular weight excluding hydrogens is 205 g/mol. The number of hydrogen-bond acceptors (Lipinski definition) is 3. The van der Waals surface area contributed by atoms with Crippen LogP contribution in [0.2, 0.25) is 0 Å². The van der Waals surface area contributed by atoms with Gasteiger partial charge in [-0.1, -0.05) is 6.07 Å². The summed E-state index contributed by atoms with van der Waals surface area (Å²) >= 11 is 0. The van der Waals surface area contributed by atoms with E-state index in [2.05, 4.69) is 10.3 Å². The van der Waals surface area contributed by atoms with Crippen molar-refractivity contribution in [2.45, 2.75) is 0 Å². The summed E-state index contributed by atoms with van der Waals surface area (Å²) in [5.41, 5.74) is 1.11. The standard InChI is InChI=1S/C12H8FN3/c13-10-2-1-3-11(7-10)16-12-6-9(8-14)4-5-15-12/h1-7H,(H,15,16). The minimum Gasteiger partial charge on any atom is -0.340 e. The molecule has 16 heavy (non-hydrogen) atoms. The van der Waals surface area contributed by atoms with Gasteiger partial charge in [-0.05, 0) is 30.3 Å². The van der Waals surface area contributed by atoms with Crippen molar-refractivity contribution in [1.29, 1.82) is 5.26 Å². The molecule has 0 saturated carbocycles. The number of nitrogens with zero attached hydrogens (tertiary/aromatic N) is 2. The van der Waals surface area contributed by atoms with Gasteiger partial charge in [0.05, 0.1) is 11.6 Å². The molecule has 0 bridgehead atoms. The Labute approximate surface area is 92.2 Å². The normalized spacial score (nSPS) is 9.50. The summed E-state index contributed by atoms with van der Waals surface area (Å²) in [6, 6.07) is 11.3. The van der Waals surface area contributed by atoms with Crippen LogP contribution in [0.15, 0.2) is 42.6 Å². The predicted octanol–water partition coefficient (Wildman–Crippen LogP) is 2.84. The number of pyridine rings is 1. The predicted molar refractivity (Wildman–Crippen MR) is 58.6 cm³/mol. The van der Waals surface area contributed by atoms with Gasteiger partial charge in [-0.15, -0.1) is 0 Å². The van der Waals surface area contributed by atoms with E-state index in [0.29, 0.717) is 17.1 Å². The minimum atomic E-state index is -0.318. The number of anilines is 2. The Hall–Kier alpha value is -2.41. The fourth-order valence-corrected chi connectivity index (χ4v) is 1.28. The lowest BCUT2D eigenvalue weighted by Crippen LogP contribution is -1.94. The lowest BCUT2D eigenvalue weighted by molar-refractivity contribution is 0.628. The highest BCUT2D eigenvalue weighted by molar-refractivity contribution is 5.57. The maximum Gasteiger partial charge on any atom is 0.131 e. The number of nitriles is 1. The molecule has 1 heterocycles. The van der Waals surface area contributed by atoms with Crippen LogP contribution in [-0.2, 0) is 0 Å². The fourth-order valence-electron chi connectivity index (χ4n) is 1.28. The lowest BCUT2D eigenvalue weighted by Gasteiger charge is -2.05. The van der Waals surface area contributed by atoms with Gasteiger partial charge in [0.15, 0.2) is 0 Å². The summed E-state index contributed by atoms with van der Waals surface area (Å²) in [5.74, 6) is 0.200. The molecular formula is C12H8FN3. The second-order valence-corrected chi connectivity index (χ2v) is 3.18. The van der Waals surface area contributed by atoms with E-state index in [1.165, 1.54) is 18.3 Å². The fraction of sp³-hybridized carbons (Fsp3) is 0. The zero-order valence-corrected chi connectivity index (χ0v) is 8.31. The molecule has 4 heteroatoms. The molecule has 0 amide bonds. The van der Waals surface area contributed by atoms with Gasteiger partial charge in [-0.2, -0.15) is 5.26 Å². The molecule has 0 aliphatic rings. The molecule has 3 nitrogen and oxygen atoms in total. The van der Waals surface area contributed by atoms with E-state index in [-0.39, 0.29) is 5.82 Å². The number of benzene rings is 1. The minimum absolute atomic E-state index is 0.318. The number of rotatable bonds is 2. The van der Waals surface area contributed by atoms with Gasteiger partial charge in [-0.3, -0.25) is 0 Å².